The highest BCUT2D eigenvalue weighted by atomic mass is 16.6. The van der Waals surface area contributed by atoms with E-state index in [0.717, 1.165) is 25.9 Å². The predicted molar refractivity (Wildman–Crippen MR) is 74.1 cm³/mol. The van der Waals surface area contributed by atoms with Crippen LogP contribution < -0.4 is 5.32 Å². The standard InChI is InChI=1S/C14H25N3O2/c1-3-6-15-14(13-11-18-9-10-19-13)12-5-7-16-17(12)8-4-2/h5,7,13-15H,3-4,6,8-11H2,1-2H3. The molecule has 0 aromatic carbocycles. The third kappa shape index (κ3) is 3.78. The molecule has 0 spiro atoms. The van der Waals surface area contributed by atoms with Crippen LogP contribution in [0.2, 0.25) is 0 Å². The van der Waals surface area contributed by atoms with Gasteiger partial charge in [-0.05, 0) is 25.5 Å². The Hall–Kier alpha value is -0.910. The Balaban J connectivity index is 2.12. The van der Waals surface area contributed by atoms with Gasteiger partial charge >= 0.3 is 0 Å². The average Bonchev–Trinajstić information content (AvgIpc) is 2.89. The number of hydrogen-bond acceptors (Lipinski definition) is 4. The van der Waals surface area contributed by atoms with Crippen molar-refractivity contribution in [2.75, 3.05) is 26.4 Å². The Bertz CT molecular complexity index is 361. The molecule has 108 valence electrons. The smallest absolute Gasteiger partial charge is 0.102 e. The second kappa shape index (κ2) is 7.62. The van der Waals surface area contributed by atoms with Crippen molar-refractivity contribution < 1.29 is 9.47 Å². The fourth-order valence-electron chi connectivity index (χ4n) is 2.43. The van der Waals surface area contributed by atoms with Gasteiger partial charge < -0.3 is 14.8 Å². The van der Waals surface area contributed by atoms with Gasteiger partial charge in [-0.25, -0.2) is 0 Å². The fourth-order valence-corrected chi connectivity index (χ4v) is 2.43. The Labute approximate surface area is 115 Å². The van der Waals surface area contributed by atoms with Crippen LogP contribution in [0.4, 0.5) is 0 Å². The first-order valence-corrected chi connectivity index (χ1v) is 7.31. The maximum atomic E-state index is 5.87. The molecule has 0 aliphatic carbocycles. The first-order chi connectivity index (χ1) is 9.36. The highest BCUT2D eigenvalue weighted by Crippen LogP contribution is 2.22. The van der Waals surface area contributed by atoms with Crippen molar-refractivity contribution in [2.24, 2.45) is 0 Å². The summed E-state index contributed by atoms with van der Waals surface area (Å²) in [5.74, 6) is 0. The topological polar surface area (TPSA) is 48.3 Å². The van der Waals surface area contributed by atoms with E-state index in [0.29, 0.717) is 19.8 Å². The van der Waals surface area contributed by atoms with Gasteiger partial charge in [-0.2, -0.15) is 5.10 Å². The van der Waals surface area contributed by atoms with Gasteiger partial charge in [-0.3, -0.25) is 4.68 Å². The Morgan fingerprint density at radius 2 is 2.32 bits per heavy atom. The van der Waals surface area contributed by atoms with Crippen molar-refractivity contribution in [3.05, 3.63) is 18.0 Å². The largest absolute Gasteiger partial charge is 0.376 e. The Morgan fingerprint density at radius 1 is 1.42 bits per heavy atom. The molecule has 0 radical (unpaired) electrons. The van der Waals surface area contributed by atoms with Gasteiger partial charge in [0.15, 0.2) is 0 Å². The molecule has 2 rings (SSSR count). The van der Waals surface area contributed by atoms with E-state index in [4.69, 9.17) is 9.47 Å². The molecule has 2 atom stereocenters. The summed E-state index contributed by atoms with van der Waals surface area (Å²) in [6.07, 6.45) is 4.13. The number of rotatable bonds is 7. The number of aryl methyl sites for hydroxylation is 1. The molecule has 1 fully saturated rings. The summed E-state index contributed by atoms with van der Waals surface area (Å²) >= 11 is 0. The van der Waals surface area contributed by atoms with E-state index < -0.39 is 0 Å². The minimum atomic E-state index is 0.0765. The second-order valence-corrected chi connectivity index (χ2v) is 4.90. The van der Waals surface area contributed by atoms with Crippen molar-refractivity contribution in [3.8, 4) is 0 Å². The third-order valence-electron chi connectivity index (χ3n) is 3.33. The van der Waals surface area contributed by atoms with Crippen molar-refractivity contribution >= 4 is 0 Å². The highest BCUT2D eigenvalue weighted by Gasteiger charge is 2.28. The minimum Gasteiger partial charge on any atom is -0.376 e. The van der Waals surface area contributed by atoms with E-state index in [1.807, 2.05) is 6.20 Å². The Kier molecular flexibility index (Phi) is 5.82. The zero-order chi connectivity index (χ0) is 13.5. The normalized spacial score (nSPS) is 21.5. The minimum absolute atomic E-state index is 0.0765. The summed E-state index contributed by atoms with van der Waals surface area (Å²) < 4.78 is 13.5. The van der Waals surface area contributed by atoms with Gasteiger partial charge in [0.05, 0.1) is 31.6 Å². The van der Waals surface area contributed by atoms with Crippen LogP contribution in [0.25, 0.3) is 0 Å². The maximum absolute atomic E-state index is 5.87. The molecule has 0 amide bonds. The van der Waals surface area contributed by atoms with Gasteiger partial charge in [0.2, 0.25) is 0 Å². The summed E-state index contributed by atoms with van der Waals surface area (Å²) in [7, 11) is 0. The van der Waals surface area contributed by atoms with Crippen LogP contribution in [-0.2, 0) is 16.0 Å². The number of nitrogens with one attached hydrogen (secondary N) is 1. The third-order valence-corrected chi connectivity index (χ3v) is 3.33. The fraction of sp³-hybridized carbons (Fsp3) is 0.786. The van der Waals surface area contributed by atoms with E-state index in [1.165, 1.54) is 5.69 Å². The van der Waals surface area contributed by atoms with Crippen LogP contribution >= 0.6 is 0 Å². The summed E-state index contributed by atoms with van der Waals surface area (Å²) in [6, 6.07) is 2.25. The van der Waals surface area contributed by atoms with Gasteiger partial charge in [0.1, 0.15) is 6.10 Å². The SMILES string of the molecule is CCCNC(c1ccnn1CCC)C1COCCO1. The highest BCUT2D eigenvalue weighted by molar-refractivity contribution is 5.10. The lowest BCUT2D eigenvalue weighted by Gasteiger charge is -2.31. The van der Waals surface area contributed by atoms with Gasteiger partial charge in [0, 0.05) is 12.7 Å². The molecule has 0 saturated carbocycles. The molecule has 2 unspecified atom stereocenters. The second-order valence-electron chi connectivity index (χ2n) is 4.90. The van der Waals surface area contributed by atoms with E-state index in [-0.39, 0.29) is 12.1 Å². The monoisotopic (exact) mass is 267 g/mol. The van der Waals surface area contributed by atoms with Crippen LogP contribution in [0.1, 0.15) is 38.4 Å². The molecule has 1 aliphatic rings. The summed E-state index contributed by atoms with van der Waals surface area (Å²) in [5.41, 5.74) is 1.20. The maximum Gasteiger partial charge on any atom is 0.102 e. The summed E-state index contributed by atoms with van der Waals surface area (Å²) in [5, 5.41) is 7.98. The molecular weight excluding hydrogens is 242 g/mol. The zero-order valence-corrected chi connectivity index (χ0v) is 12.0. The average molecular weight is 267 g/mol. The predicted octanol–water partition coefficient (Wildman–Crippen LogP) is 1.75. The van der Waals surface area contributed by atoms with Crippen LogP contribution in [-0.4, -0.2) is 42.2 Å². The molecule has 2 heterocycles. The molecule has 0 bridgehead atoms. The van der Waals surface area contributed by atoms with Crippen LogP contribution in [0.5, 0.6) is 0 Å². The molecule has 5 heteroatoms. The van der Waals surface area contributed by atoms with Gasteiger partial charge in [-0.1, -0.05) is 13.8 Å². The Morgan fingerprint density at radius 3 is 3.00 bits per heavy atom. The lowest BCUT2D eigenvalue weighted by Crippen LogP contribution is -2.41. The zero-order valence-electron chi connectivity index (χ0n) is 12.0. The van der Waals surface area contributed by atoms with Crippen molar-refractivity contribution in [2.45, 2.75) is 45.4 Å². The van der Waals surface area contributed by atoms with E-state index >= 15 is 0 Å². The van der Waals surface area contributed by atoms with Crippen molar-refractivity contribution in [1.82, 2.24) is 15.1 Å². The first kappa shape index (κ1) is 14.5. The molecule has 5 nitrogen and oxygen atoms in total. The number of hydrogen-bond donors (Lipinski definition) is 1. The molecule has 19 heavy (non-hydrogen) atoms. The van der Waals surface area contributed by atoms with Crippen LogP contribution in [0.15, 0.2) is 12.3 Å². The van der Waals surface area contributed by atoms with E-state index in [2.05, 4.69) is 35.0 Å². The van der Waals surface area contributed by atoms with Crippen LogP contribution in [0.3, 0.4) is 0 Å². The first-order valence-electron chi connectivity index (χ1n) is 7.31. The summed E-state index contributed by atoms with van der Waals surface area (Å²) in [4.78, 5) is 0. The number of ether oxygens (including phenoxy) is 2. The number of nitrogens with zero attached hydrogens (tertiary/aromatic N) is 2. The lowest BCUT2D eigenvalue weighted by molar-refractivity contribution is -0.103. The molecule has 1 saturated heterocycles. The molecule has 1 aromatic rings. The quantitative estimate of drug-likeness (QED) is 0.817. The van der Waals surface area contributed by atoms with E-state index in [1.54, 1.807) is 0 Å². The molecule has 1 N–H and O–H groups in total. The van der Waals surface area contributed by atoms with Crippen molar-refractivity contribution in [1.29, 1.82) is 0 Å². The molecular formula is C14H25N3O2. The molecule has 1 aromatic heterocycles. The van der Waals surface area contributed by atoms with Crippen LogP contribution in [0, 0.1) is 0 Å². The van der Waals surface area contributed by atoms with E-state index in [9.17, 15) is 0 Å². The lowest BCUT2D eigenvalue weighted by atomic mass is 10.1. The van der Waals surface area contributed by atoms with Gasteiger partial charge in [0.25, 0.3) is 0 Å². The van der Waals surface area contributed by atoms with Gasteiger partial charge in [-0.15, -0.1) is 0 Å². The number of aromatic nitrogens is 2. The summed E-state index contributed by atoms with van der Waals surface area (Å²) in [6.45, 7) is 8.29. The van der Waals surface area contributed by atoms with Crippen molar-refractivity contribution in [3.63, 3.8) is 0 Å². The molecule has 1 aliphatic heterocycles.